The Morgan fingerprint density at radius 3 is 1.25 bits per heavy atom. The van der Waals surface area contributed by atoms with Crippen molar-refractivity contribution >= 4 is 70.1 Å². The molecule has 0 aromatic heterocycles. The van der Waals surface area contributed by atoms with Gasteiger partial charge in [0.05, 0.1) is 0 Å². The second-order valence-corrected chi connectivity index (χ2v) is 0. The summed E-state index contributed by atoms with van der Waals surface area (Å²) in [5, 5.41) is 0. The van der Waals surface area contributed by atoms with Gasteiger partial charge in [0, 0.05) is 0 Å². The van der Waals surface area contributed by atoms with Crippen LogP contribution in [0.25, 0.3) is 0 Å². The summed E-state index contributed by atoms with van der Waals surface area (Å²) < 4.78 is 0. The molecule has 0 amide bonds. The topological polar surface area (TPSA) is 0 Å². The Balaban J connectivity index is -0.00000000500. The Labute approximate surface area is 69.0 Å². The molecule has 0 bridgehead atoms. The molecule has 0 aliphatic rings. The fourth-order valence-corrected chi connectivity index (χ4v) is 0. The summed E-state index contributed by atoms with van der Waals surface area (Å²) >= 11 is 0.778. The molecule has 0 fully saturated rings. The Kier molecular flexibility index (Phi) is 70.5. The van der Waals surface area contributed by atoms with Crippen LogP contribution < -0.4 is 0 Å². The van der Waals surface area contributed by atoms with Gasteiger partial charge in [0.2, 0.25) is 0 Å². The monoisotopic (exact) mass is 487 g/mol. The van der Waals surface area contributed by atoms with Gasteiger partial charge < -0.3 is 0 Å². The van der Waals surface area contributed by atoms with Crippen LogP contribution in [-0.4, -0.2) is 51.8 Å². The fraction of sp³-hybridized carbons (Fsp3) is 0. The number of halogens is 1. The Hall–Kier alpha value is 2.56. The molecule has 0 aliphatic heterocycles. The molecule has 4 heavy (non-hydrogen) atoms. The molecule has 0 rings (SSSR count). The van der Waals surface area contributed by atoms with E-state index in [1.54, 1.807) is 0 Å². The van der Waals surface area contributed by atoms with Gasteiger partial charge >= 0.3 is 60.2 Å². The first-order valence-corrected chi connectivity index (χ1v) is 4.97. The summed E-state index contributed by atoms with van der Waals surface area (Å²) in [5.74, 6) is 0. The van der Waals surface area contributed by atoms with Crippen molar-refractivity contribution in [1.82, 2.24) is 0 Å². The van der Waals surface area contributed by atoms with E-state index in [1.165, 1.54) is 0 Å². The third-order valence-electron chi connectivity index (χ3n) is 0. The average molecular weight is 486 g/mol. The Morgan fingerprint density at radius 1 is 1.25 bits per heavy atom. The Morgan fingerprint density at radius 2 is 1.25 bits per heavy atom. The second kappa shape index (κ2) is 17.6. The fourth-order valence-electron chi connectivity index (χ4n) is 0. The van der Waals surface area contributed by atoms with E-state index < -0.39 is 0 Å². The van der Waals surface area contributed by atoms with Crippen LogP contribution in [0.15, 0.2) is 0 Å². The van der Waals surface area contributed by atoms with Crippen molar-refractivity contribution in [2.24, 2.45) is 0 Å². The van der Waals surface area contributed by atoms with E-state index in [1.807, 2.05) is 0 Å². The molecule has 0 saturated heterocycles. The molecule has 0 saturated carbocycles. The molecule has 0 N–H and O–H groups in total. The van der Waals surface area contributed by atoms with E-state index in [9.17, 15) is 0 Å². The van der Waals surface area contributed by atoms with Crippen LogP contribution in [0.2, 0.25) is 0 Å². The van der Waals surface area contributed by atoms with Crippen molar-refractivity contribution in [3.8, 4) is 0 Å². The van der Waals surface area contributed by atoms with E-state index in [-0.39, 0.29) is 37.2 Å². The summed E-state index contributed by atoms with van der Waals surface area (Å²) in [6, 6.07) is 0. The zero-order valence-electron chi connectivity index (χ0n) is 2.29. The zero-order chi connectivity index (χ0) is 2.00. The average Bonchev–Trinajstić information content (AvgIpc) is 1.00. The summed E-state index contributed by atoms with van der Waals surface area (Å²) in [5.41, 5.74) is 0. The van der Waals surface area contributed by atoms with Gasteiger partial charge in [0.1, 0.15) is 0 Å². The van der Waals surface area contributed by atoms with Crippen LogP contribution in [0.3, 0.4) is 0 Å². The summed E-state index contributed by atoms with van der Waals surface area (Å²) in [6.45, 7) is 0. The molecular weight excluding hydrogens is 481 g/mol. The Bertz CT molecular complexity index is 6.00. The van der Waals surface area contributed by atoms with E-state index in [0.29, 0.717) is 0 Å². The molecule has 25 valence electrons. The number of hydrogen-bond donors (Lipinski definition) is 0. The molecular formula is H5ClPPb2. The van der Waals surface area contributed by atoms with Gasteiger partial charge in [-0.25, -0.2) is 0 Å². The van der Waals surface area contributed by atoms with Crippen molar-refractivity contribution in [3.05, 3.63) is 0 Å². The minimum atomic E-state index is 0. The van der Waals surface area contributed by atoms with Crippen LogP contribution in [0, 0.1) is 0 Å². The van der Waals surface area contributed by atoms with Crippen molar-refractivity contribution < 1.29 is 0 Å². The zero-order valence-corrected chi connectivity index (χ0v) is 13.8. The summed E-state index contributed by atoms with van der Waals surface area (Å²) in [6.07, 6.45) is 0. The summed E-state index contributed by atoms with van der Waals surface area (Å²) in [7, 11) is 4.78. The predicted molar refractivity (Wildman–Crippen MR) is 31.3 cm³/mol. The summed E-state index contributed by atoms with van der Waals surface area (Å²) in [4.78, 5) is 0. The van der Waals surface area contributed by atoms with Gasteiger partial charge in [-0.15, -0.1) is 0 Å². The standard InChI is InChI=1S/ClH.H3P.2Pb.2H/h1H;1H3;;;;/q;;;+1;;/p-1. The van der Waals surface area contributed by atoms with Crippen LogP contribution >= 0.6 is 18.2 Å². The first kappa shape index (κ1) is 16.0. The molecule has 0 aromatic carbocycles. The van der Waals surface area contributed by atoms with Gasteiger partial charge in [-0.2, -0.15) is 9.90 Å². The molecule has 1 unspecified atom stereocenters. The van der Waals surface area contributed by atoms with Crippen LogP contribution in [0.5, 0.6) is 0 Å². The van der Waals surface area contributed by atoms with Crippen LogP contribution in [-0.2, 0) is 0 Å². The maximum absolute atomic E-state index is 4.78. The third kappa shape index (κ3) is 8.82. The van der Waals surface area contributed by atoms with Crippen molar-refractivity contribution in [3.63, 3.8) is 0 Å². The van der Waals surface area contributed by atoms with Crippen molar-refractivity contribution in [2.75, 3.05) is 0 Å². The molecule has 0 aromatic rings. The maximum atomic E-state index is 4.78. The number of hydrogen-bond acceptors (Lipinski definition) is 0. The molecule has 1 atom stereocenters. The van der Waals surface area contributed by atoms with E-state index in [4.69, 9.17) is 8.32 Å². The SMILES string of the molecule is P.[Cl][Pb].[PbH2]. The molecule has 0 heterocycles. The molecule has 0 spiro atoms. The van der Waals surface area contributed by atoms with Gasteiger partial charge in [-0.05, 0) is 0 Å². The van der Waals surface area contributed by atoms with E-state index in [0.717, 1.165) is 24.5 Å². The van der Waals surface area contributed by atoms with Crippen molar-refractivity contribution in [1.29, 1.82) is 0 Å². The van der Waals surface area contributed by atoms with Crippen LogP contribution in [0.1, 0.15) is 0 Å². The second-order valence-electron chi connectivity index (χ2n) is 0. The normalized spacial score (nSPS) is 1.50. The van der Waals surface area contributed by atoms with Crippen molar-refractivity contribution in [2.45, 2.75) is 0 Å². The van der Waals surface area contributed by atoms with Crippen LogP contribution in [0.4, 0.5) is 0 Å². The molecule has 0 aliphatic carbocycles. The molecule has 0 nitrogen and oxygen atoms in total. The molecule has 5 radical (unpaired) electrons. The first-order valence-electron chi connectivity index (χ1n) is 0.189. The number of rotatable bonds is 0. The van der Waals surface area contributed by atoms with Gasteiger partial charge in [-0.1, -0.05) is 0 Å². The molecule has 4 heteroatoms. The van der Waals surface area contributed by atoms with E-state index in [2.05, 4.69) is 0 Å². The quantitative estimate of drug-likeness (QED) is 0.319. The first-order chi connectivity index (χ1) is 1.00. The van der Waals surface area contributed by atoms with Gasteiger partial charge in [0.15, 0.2) is 0 Å². The van der Waals surface area contributed by atoms with Gasteiger partial charge in [-0.3, -0.25) is 0 Å². The third-order valence-corrected chi connectivity index (χ3v) is 0. The van der Waals surface area contributed by atoms with Gasteiger partial charge in [0.25, 0.3) is 0 Å². The van der Waals surface area contributed by atoms with E-state index >= 15 is 0 Å². The minimum absolute atomic E-state index is 0. The predicted octanol–water partition coefficient (Wildman–Crippen LogP) is -0.549.